The number of aliphatic carboxylic acids is 1. The normalized spacial score (nSPS) is 12.1. The van der Waals surface area contributed by atoms with E-state index in [0.717, 1.165) is 24.8 Å². The number of carboxylic acid groups (broad SMARTS) is 1. The molecule has 160 valence electrons. The molecule has 7 nitrogen and oxygen atoms in total. The van der Waals surface area contributed by atoms with Crippen molar-refractivity contribution >= 4 is 73.4 Å². The summed E-state index contributed by atoms with van der Waals surface area (Å²) in [6.07, 6.45) is 8.87. The summed E-state index contributed by atoms with van der Waals surface area (Å²) in [4.78, 5) is 22.9. The van der Waals surface area contributed by atoms with Crippen molar-refractivity contribution in [2.24, 2.45) is 0 Å². The van der Waals surface area contributed by atoms with Gasteiger partial charge in [-0.3, -0.25) is 14.1 Å². The predicted molar refractivity (Wildman–Crippen MR) is 113 cm³/mol. The molecule has 1 atom stereocenters. The number of benzene rings is 1. The molecule has 1 aromatic carbocycles. The van der Waals surface area contributed by atoms with Gasteiger partial charge < -0.3 is 9.84 Å². The van der Waals surface area contributed by atoms with Crippen molar-refractivity contribution in [3.05, 3.63) is 29.8 Å². The topological polar surface area (TPSA) is 118 Å². The van der Waals surface area contributed by atoms with Crippen LogP contribution in [0.3, 0.4) is 0 Å². The first-order chi connectivity index (χ1) is 13.3. The van der Waals surface area contributed by atoms with Gasteiger partial charge in [0, 0.05) is 0 Å². The van der Waals surface area contributed by atoms with Gasteiger partial charge in [-0.25, -0.2) is 0 Å². The van der Waals surface area contributed by atoms with E-state index >= 15 is 0 Å². The maximum atomic E-state index is 12.1. The zero-order valence-electron chi connectivity index (χ0n) is 16.3. The van der Waals surface area contributed by atoms with E-state index in [1.165, 1.54) is 38.2 Å². The van der Waals surface area contributed by atoms with Crippen LogP contribution in [0.15, 0.2) is 24.3 Å². The standard InChI is InChI=1S/C20H30O7S.K.H/c1-2-3-4-5-6-7-8-9-12-16-13-10-11-14-17(16)27-20(23)18(15-19(21)22)28(24,25)26;;/h10-11,13-14,18H,2-9,12,15H2,1H3,(H,21,22)(H,24,25,26);;. The van der Waals surface area contributed by atoms with Crippen molar-refractivity contribution in [1.82, 2.24) is 0 Å². The average Bonchev–Trinajstić information content (AvgIpc) is 2.62. The van der Waals surface area contributed by atoms with Crippen LogP contribution in [0, 0.1) is 0 Å². The van der Waals surface area contributed by atoms with Gasteiger partial charge in [-0.1, -0.05) is 70.1 Å². The van der Waals surface area contributed by atoms with Crippen LogP contribution in [0.25, 0.3) is 0 Å². The molecule has 0 aromatic heterocycles. The summed E-state index contributed by atoms with van der Waals surface area (Å²) in [5.74, 6) is -2.63. The molecule has 0 fully saturated rings. The van der Waals surface area contributed by atoms with Gasteiger partial charge >= 0.3 is 63.3 Å². The van der Waals surface area contributed by atoms with Crippen LogP contribution >= 0.6 is 0 Å². The summed E-state index contributed by atoms with van der Waals surface area (Å²) in [6.45, 7) is 2.18. The Kier molecular flexibility index (Phi) is 15.3. The van der Waals surface area contributed by atoms with Crippen LogP contribution in [0.2, 0.25) is 0 Å². The molecule has 0 aliphatic rings. The van der Waals surface area contributed by atoms with Crippen LogP contribution in [0.4, 0.5) is 0 Å². The molecular formula is C20H31KO7S. The summed E-state index contributed by atoms with van der Waals surface area (Å²) >= 11 is 0. The van der Waals surface area contributed by atoms with Crippen LogP contribution < -0.4 is 4.74 Å². The van der Waals surface area contributed by atoms with Gasteiger partial charge in [0.05, 0.1) is 6.42 Å². The fourth-order valence-corrected chi connectivity index (χ4v) is 3.55. The second kappa shape index (κ2) is 15.5. The van der Waals surface area contributed by atoms with E-state index in [9.17, 15) is 18.0 Å². The monoisotopic (exact) mass is 454 g/mol. The third-order valence-corrected chi connectivity index (χ3v) is 5.54. The molecule has 0 aliphatic heterocycles. The second-order valence-corrected chi connectivity index (χ2v) is 8.45. The van der Waals surface area contributed by atoms with E-state index in [2.05, 4.69) is 6.92 Å². The molecule has 29 heavy (non-hydrogen) atoms. The van der Waals surface area contributed by atoms with Gasteiger partial charge in [0.15, 0.2) is 5.25 Å². The Labute approximate surface area is 215 Å². The van der Waals surface area contributed by atoms with Gasteiger partial charge in [0.2, 0.25) is 0 Å². The molecule has 1 unspecified atom stereocenters. The van der Waals surface area contributed by atoms with Crippen LogP contribution in [0.5, 0.6) is 5.75 Å². The molecule has 1 aromatic rings. The Bertz CT molecular complexity index is 734. The van der Waals surface area contributed by atoms with Gasteiger partial charge in [-0.15, -0.1) is 0 Å². The van der Waals surface area contributed by atoms with E-state index in [1.54, 1.807) is 18.2 Å². The summed E-state index contributed by atoms with van der Waals surface area (Å²) < 4.78 is 36.9. The third-order valence-electron chi connectivity index (χ3n) is 4.47. The number of hydrogen-bond donors (Lipinski definition) is 2. The van der Waals surface area contributed by atoms with Crippen LogP contribution in [-0.2, 0) is 26.1 Å². The molecule has 0 saturated carbocycles. The van der Waals surface area contributed by atoms with Crippen molar-refractivity contribution < 1.29 is 32.4 Å². The fourth-order valence-electron chi connectivity index (χ4n) is 2.90. The van der Waals surface area contributed by atoms with Crippen molar-refractivity contribution in [1.29, 1.82) is 0 Å². The number of aryl methyl sites for hydroxylation is 1. The minimum atomic E-state index is -4.88. The van der Waals surface area contributed by atoms with Crippen molar-refractivity contribution in [2.45, 2.75) is 76.4 Å². The zero-order valence-corrected chi connectivity index (χ0v) is 17.1. The summed E-state index contributed by atoms with van der Waals surface area (Å²) in [7, 11) is -4.88. The molecule has 0 heterocycles. The zero-order chi connectivity index (χ0) is 21.0. The number of carbonyl (C=O) groups excluding carboxylic acids is 1. The molecule has 0 bridgehead atoms. The number of carboxylic acids is 1. The van der Waals surface area contributed by atoms with E-state index in [1.807, 2.05) is 0 Å². The summed E-state index contributed by atoms with van der Waals surface area (Å²) in [6, 6.07) is 6.73. The van der Waals surface area contributed by atoms with Gasteiger partial charge in [-0.05, 0) is 24.5 Å². The Hall–Kier alpha value is -0.294. The first-order valence-corrected chi connectivity index (χ1v) is 11.2. The molecule has 0 saturated heterocycles. The summed E-state index contributed by atoms with van der Waals surface area (Å²) in [5.41, 5.74) is 0.742. The van der Waals surface area contributed by atoms with Crippen LogP contribution in [0.1, 0.15) is 70.3 Å². The SMILES string of the molecule is CCCCCCCCCCc1ccccc1OC(=O)C(CC(=O)O)S(=O)(=O)O.[KH]. The molecule has 2 N–H and O–H groups in total. The number of rotatable bonds is 14. The van der Waals surface area contributed by atoms with Crippen molar-refractivity contribution in [3.8, 4) is 5.75 Å². The fraction of sp³-hybridized carbons (Fsp3) is 0.600. The predicted octanol–water partition coefficient (Wildman–Crippen LogP) is 3.36. The Morgan fingerprint density at radius 3 is 2.10 bits per heavy atom. The second-order valence-electron chi connectivity index (χ2n) is 6.86. The van der Waals surface area contributed by atoms with Crippen LogP contribution in [-0.4, -0.2) is 86.7 Å². The van der Waals surface area contributed by atoms with E-state index in [-0.39, 0.29) is 57.1 Å². The molecule has 9 heteroatoms. The molecule has 0 spiro atoms. The number of esters is 1. The molecular weight excluding hydrogens is 423 g/mol. The van der Waals surface area contributed by atoms with Gasteiger partial charge in [0.25, 0.3) is 10.1 Å². The maximum absolute atomic E-state index is 12.1. The van der Waals surface area contributed by atoms with Crippen molar-refractivity contribution in [2.75, 3.05) is 0 Å². The van der Waals surface area contributed by atoms with Gasteiger partial charge in [0.1, 0.15) is 5.75 Å². The van der Waals surface area contributed by atoms with E-state index in [4.69, 9.17) is 14.4 Å². The molecule has 0 amide bonds. The van der Waals surface area contributed by atoms with Crippen molar-refractivity contribution in [3.63, 3.8) is 0 Å². The minimum absolute atomic E-state index is 0. The number of para-hydroxylation sites is 1. The first-order valence-electron chi connectivity index (χ1n) is 9.73. The van der Waals surface area contributed by atoms with E-state index in [0.29, 0.717) is 6.42 Å². The third kappa shape index (κ3) is 12.2. The molecule has 1 rings (SSSR count). The molecule has 0 radical (unpaired) electrons. The molecule has 0 aliphatic carbocycles. The Balaban J connectivity index is 0.00000784. The number of ether oxygens (including phenoxy) is 1. The Morgan fingerprint density at radius 2 is 1.55 bits per heavy atom. The number of unbranched alkanes of at least 4 members (excludes halogenated alkanes) is 7. The summed E-state index contributed by atoms with van der Waals surface area (Å²) in [5, 5.41) is 6.62. The number of carbonyl (C=O) groups is 2. The number of hydrogen-bond acceptors (Lipinski definition) is 5. The van der Waals surface area contributed by atoms with Gasteiger partial charge in [-0.2, -0.15) is 8.42 Å². The Morgan fingerprint density at radius 1 is 1.00 bits per heavy atom. The van der Waals surface area contributed by atoms with E-state index < -0.39 is 33.7 Å². The quantitative estimate of drug-likeness (QED) is 0.145. The first kappa shape index (κ1) is 28.7. The average molecular weight is 455 g/mol.